The van der Waals surface area contributed by atoms with Gasteiger partial charge >= 0.3 is 0 Å². The third kappa shape index (κ3) is 3.75. The maximum absolute atomic E-state index is 12.2. The van der Waals surface area contributed by atoms with E-state index < -0.39 is 0 Å². The van der Waals surface area contributed by atoms with Gasteiger partial charge < -0.3 is 9.88 Å². The summed E-state index contributed by atoms with van der Waals surface area (Å²) in [5, 5.41) is 12.4. The van der Waals surface area contributed by atoms with Gasteiger partial charge in [-0.3, -0.25) is 4.79 Å². The first-order chi connectivity index (χ1) is 11.1. The Morgan fingerprint density at radius 1 is 1.35 bits per heavy atom. The molecular formula is C17H22N4OS. The Kier molecular flexibility index (Phi) is 4.71. The monoisotopic (exact) mass is 330 g/mol. The molecule has 5 nitrogen and oxygen atoms in total. The van der Waals surface area contributed by atoms with Crippen LogP contribution in [0.25, 0.3) is 0 Å². The van der Waals surface area contributed by atoms with Gasteiger partial charge in [-0.1, -0.05) is 23.9 Å². The topological polar surface area (TPSA) is 59.8 Å². The predicted molar refractivity (Wildman–Crippen MR) is 92.9 cm³/mol. The first-order valence-corrected chi connectivity index (χ1v) is 9.00. The minimum atomic E-state index is -0.0117. The van der Waals surface area contributed by atoms with Crippen molar-refractivity contribution in [2.45, 2.75) is 51.2 Å². The summed E-state index contributed by atoms with van der Waals surface area (Å²) < 4.78 is 2.13. The minimum absolute atomic E-state index is 0.0117. The molecule has 0 atom stereocenters. The number of hydrogen-bond acceptors (Lipinski definition) is 4. The Morgan fingerprint density at radius 3 is 2.83 bits per heavy atom. The highest BCUT2D eigenvalue weighted by molar-refractivity contribution is 7.99. The summed E-state index contributed by atoms with van der Waals surface area (Å²) in [7, 11) is 0. The smallest absolute Gasteiger partial charge is 0.234 e. The molecule has 0 bridgehead atoms. The predicted octanol–water partition coefficient (Wildman–Crippen LogP) is 3.52. The van der Waals surface area contributed by atoms with E-state index in [9.17, 15) is 4.79 Å². The molecule has 1 fully saturated rings. The number of aromatic nitrogens is 3. The number of benzene rings is 1. The number of nitrogens with zero attached hydrogens (tertiary/aromatic N) is 3. The molecular weight excluding hydrogens is 308 g/mol. The van der Waals surface area contributed by atoms with Crippen molar-refractivity contribution in [1.82, 2.24) is 14.8 Å². The van der Waals surface area contributed by atoms with Gasteiger partial charge in [-0.05, 0) is 50.8 Å². The molecule has 122 valence electrons. The van der Waals surface area contributed by atoms with Crippen molar-refractivity contribution in [2.75, 3.05) is 11.1 Å². The number of aryl methyl sites for hydroxylation is 2. The summed E-state index contributed by atoms with van der Waals surface area (Å²) in [5.74, 6) is 1.98. The van der Waals surface area contributed by atoms with Gasteiger partial charge in [0, 0.05) is 18.2 Å². The van der Waals surface area contributed by atoms with E-state index >= 15 is 0 Å². The number of rotatable bonds is 6. The number of carbonyl (C=O) groups is 1. The molecule has 3 rings (SSSR count). The average molecular weight is 330 g/mol. The Hall–Kier alpha value is -1.82. The lowest BCUT2D eigenvalue weighted by Gasteiger charge is -2.09. The van der Waals surface area contributed by atoms with Crippen LogP contribution in [0.15, 0.2) is 23.4 Å². The third-order valence-corrected chi connectivity index (χ3v) is 4.97. The van der Waals surface area contributed by atoms with Gasteiger partial charge in [0.05, 0.1) is 5.75 Å². The fraction of sp³-hybridized carbons (Fsp3) is 0.471. The molecule has 1 saturated carbocycles. The van der Waals surface area contributed by atoms with Gasteiger partial charge in [0.1, 0.15) is 5.82 Å². The van der Waals surface area contributed by atoms with Crippen LogP contribution in [0.5, 0.6) is 0 Å². The highest BCUT2D eigenvalue weighted by Crippen LogP contribution is 2.39. The number of anilines is 1. The van der Waals surface area contributed by atoms with Crippen LogP contribution in [-0.2, 0) is 11.3 Å². The lowest BCUT2D eigenvalue weighted by molar-refractivity contribution is -0.113. The maximum Gasteiger partial charge on any atom is 0.234 e. The van der Waals surface area contributed by atoms with E-state index in [2.05, 4.69) is 27.0 Å². The number of carbonyl (C=O) groups excluding carboxylic acids is 1. The van der Waals surface area contributed by atoms with Crippen LogP contribution in [-0.4, -0.2) is 26.4 Å². The molecule has 1 aromatic carbocycles. The molecule has 0 saturated heterocycles. The second-order valence-electron chi connectivity index (χ2n) is 6.01. The van der Waals surface area contributed by atoms with Crippen molar-refractivity contribution >= 4 is 23.4 Å². The summed E-state index contributed by atoms with van der Waals surface area (Å²) in [6, 6.07) is 6.06. The molecule has 0 radical (unpaired) electrons. The summed E-state index contributed by atoms with van der Waals surface area (Å²) in [4.78, 5) is 12.2. The first kappa shape index (κ1) is 16.1. The molecule has 23 heavy (non-hydrogen) atoms. The molecule has 1 N–H and O–H groups in total. The van der Waals surface area contributed by atoms with Crippen molar-refractivity contribution in [3.8, 4) is 0 Å². The van der Waals surface area contributed by atoms with E-state index in [-0.39, 0.29) is 5.91 Å². The van der Waals surface area contributed by atoms with E-state index in [0.717, 1.165) is 34.3 Å². The number of hydrogen-bond donors (Lipinski definition) is 1. The Bertz CT molecular complexity index is 721. The second-order valence-corrected chi connectivity index (χ2v) is 6.96. The standard InChI is InChI=1S/C17H22N4OS/c1-4-21-16(13-7-8-13)19-20-17(21)23-10-15(22)18-14-9-11(2)5-6-12(14)3/h5-6,9,13H,4,7-8,10H2,1-3H3,(H,18,22). The van der Waals surface area contributed by atoms with Crippen LogP contribution in [0.4, 0.5) is 5.69 Å². The van der Waals surface area contributed by atoms with Crippen LogP contribution in [0.2, 0.25) is 0 Å². The number of amides is 1. The van der Waals surface area contributed by atoms with Crippen molar-refractivity contribution < 1.29 is 4.79 Å². The highest BCUT2D eigenvalue weighted by Gasteiger charge is 2.30. The number of nitrogens with one attached hydrogen (secondary N) is 1. The van der Waals surface area contributed by atoms with Gasteiger partial charge in [0.25, 0.3) is 0 Å². The lowest BCUT2D eigenvalue weighted by Crippen LogP contribution is -2.15. The van der Waals surface area contributed by atoms with Crippen molar-refractivity contribution in [3.63, 3.8) is 0 Å². The first-order valence-electron chi connectivity index (χ1n) is 8.01. The van der Waals surface area contributed by atoms with Crippen molar-refractivity contribution in [3.05, 3.63) is 35.2 Å². The summed E-state index contributed by atoms with van der Waals surface area (Å²) >= 11 is 1.45. The molecule has 1 amide bonds. The van der Waals surface area contributed by atoms with Gasteiger partial charge in [-0.25, -0.2) is 0 Å². The van der Waals surface area contributed by atoms with Crippen LogP contribution in [0.1, 0.15) is 42.6 Å². The van der Waals surface area contributed by atoms with E-state index in [1.165, 1.54) is 24.6 Å². The Labute approximate surface area is 140 Å². The molecule has 1 aromatic heterocycles. The van der Waals surface area contributed by atoms with Crippen molar-refractivity contribution in [1.29, 1.82) is 0 Å². The summed E-state index contributed by atoms with van der Waals surface area (Å²) in [6.07, 6.45) is 2.41. The molecule has 1 aliphatic carbocycles. The van der Waals surface area contributed by atoms with E-state index in [4.69, 9.17) is 0 Å². The average Bonchev–Trinajstić information content (AvgIpc) is 3.29. The van der Waals surface area contributed by atoms with Gasteiger partial charge in [0.2, 0.25) is 5.91 Å². The second kappa shape index (κ2) is 6.74. The SMILES string of the molecule is CCn1c(SCC(=O)Nc2cc(C)ccc2C)nnc1C1CC1. The summed E-state index contributed by atoms with van der Waals surface area (Å²) in [5.41, 5.74) is 3.09. The Balaban J connectivity index is 1.62. The highest BCUT2D eigenvalue weighted by atomic mass is 32.2. The van der Waals surface area contributed by atoms with E-state index in [1.807, 2.05) is 32.0 Å². The van der Waals surface area contributed by atoms with Gasteiger partial charge in [0.15, 0.2) is 5.16 Å². The van der Waals surface area contributed by atoms with Gasteiger partial charge in [-0.15, -0.1) is 10.2 Å². The summed E-state index contributed by atoms with van der Waals surface area (Å²) in [6.45, 7) is 6.96. The number of thioether (sulfide) groups is 1. The largest absolute Gasteiger partial charge is 0.325 e. The van der Waals surface area contributed by atoms with Crippen molar-refractivity contribution in [2.24, 2.45) is 0 Å². The lowest BCUT2D eigenvalue weighted by atomic mass is 10.1. The van der Waals surface area contributed by atoms with Crippen LogP contribution >= 0.6 is 11.8 Å². The molecule has 1 aliphatic rings. The molecule has 2 aromatic rings. The zero-order valence-electron chi connectivity index (χ0n) is 13.8. The fourth-order valence-corrected chi connectivity index (χ4v) is 3.34. The van der Waals surface area contributed by atoms with E-state index in [1.54, 1.807) is 0 Å². The van der Waals surface area contributed by atoms with Gasteiger partial charge in [-0.2, -0.15) is 0 Å². The fourth-order valence-electron chi connectivity index (χ4n) is 2.53. The maximum atomic E-state index is 12.2. The van der Waals surface area contributed by atoms with Crippen LogP contribution in [0.3, 0.4) is 0 Å². The zero-order chi connectivity index (χ0) is 16.4. The molecule has 6 heteroatoms. The Morgan fingerprint density at radius 2 is 2.13 bits per heavy atom. The zero-order valence-corrected chi connectivity index (χ0v) is 14.6. The van der Waals surface area contributed by atoms with Crippen LogP contribution < -0.4 is 5.32 Å². The minimum Gasteiger partial charge on any atom is -0.325 e. The molecule has 0 unspecified atom stereocenters. The quantitative estimate of drug-likeness (QED) is 0.823. The molecule has 1 heterocycles. The van der Waals surface area contributed by atoms with Crippen LogP contribution in [0, 0.1) is 13.8 Å². The van der Waals surface area contributed by atoms with E-state index in [0.29, 0.717) is 11.7 Å². The molecule has 0 aliphatic heterocycles. The molecule has 0 spiro atoms. The third-order valence-electron chi connectivity index (χ3n) is 4.00. The normalized spacial score (nSPS) is 14.0.